The van der Waals surface area contributed by atoms with Crippen molar-refractivity contribution >= 4 is 6.14 Å². The van der Waals surface area contributed by atoms with E-state index in [2.05, 4.69) is 48.5 Å². The van der Waals surface area contributed by atoms with Crippen LogP contribution in [0.1, 0.15) is 0 Å². The SMILES string of the molecule is c1ccc(Oc2cc[c]([Hg][c]3ccc(Oc4ccccc4)cc3)cc2)cc1. The van der Waals surface area contributed by atoms with Crippen molar-refractivity contribution in [2.45, 2.75) is 0 Å². The first-order valence-electron chi connectivity index (χ1n) is 8.99. The Bertz CT molecular complexity index is 883. The molecule has 0 spiro atoms. The molecule has 4 rings (SSSR count). The molecule has 4 aromatic carbocycles. The topological polar surface area (TPSA) is 18.5 Å². The van der Waals surface area contributed by atoms with Crippen LogP contribution in [0.3, 0.4) is 0 Å². The second-order valence-corrected chi connectivity index (χ2v) is 14.0. The number of ether oxygens (including phenoxy) is 2. The first-order valence-corrected chi connectivity index (χ1v) is 14.5. The van der Waals surface area contributed by atoms with Gasteiger partial charge in [-0.15, -0.1) is 0 Å². The molecule has 0 aliphatic carbocycles. The van der Waals surface area contributed by atoms with Crippen LogP contribution in [0.15, 0.2) is 109 Å². The fraction of sp³-hybridized carbons (Fsp3) is 0. The molecule has 0 bridgehead atoms. The Kier molecular flexibility index (Phi) is 5.85. The standard InChI is InChI=1S/2C12H9O.Hg/c2*1-3-7-11(8-4-1)13-12-9-5-2-6-10-12;/h2*1,3-10H;. The van der Waals surface area contributed by atoms with Crippen LogP contribution in [0.2, 0.25) is 0 Å². The molecule has 0 N–H and O–H groups in total. The zero-order valence-electron chi connectivity index (χ0n) is 14.9. The summed E-state index contributed by atoms with van der Waals surface area (Å²) in [6.45, 7) is 0. The molecule has 4 aromatic rings. The first-order chi connectivity index (χ1) is 13.3. The van der Waals surface area contributed by atoms with Crippen molar-refractivity contribution in [3.05, 3.63) is 109 Å². The maximum atomic E-state index is 5.86. The molecule has 3 heteroatoms. The van der Waals surface area contributed by atoms with Gasteiger partial charge in [-0.05, 0) is 0 Å². The summed E-state index contributed by atoms with van der Waals surface area (Å²) in [5, 5.41) is 0. The summed E-state index contributed by atoms with van der Waals surface area (Å²) in [6.07, 6.45) is 0. The van der Waals surface area contributed by atoms with E-state index in [4.69, 9.17) is 9.47 Å². The Labute approximate surface area is 171 Å². The van der Waals surface area contributed by atoms with E-state index in [1.54, 1.807) is 0 Å². The minimum atomic E-state index is -1.35. The van der Waals surface area contributed by atoms with Crippen molar-refractivity contribution in [1.82, 2.24) is 0 Å². The third kappa shape index (κ3) is 5.21. The van der Waals surface area contributed by atoms with Crippen molar-refractivity contribution < 1.29 is 34.0 Å². The van der Waals surface area contributed by atoms with Gasteiger partial charge in [0.1, 0.15) is 0 Å². The number of benzene rings is 4. The molecular weight excluding hydrogens is 521 g/mol. The number of hydrogen-bond donors (Lipinski definition) is 0. The molecule has 0 saturated carbocycles. The van der Waals surface area contributed by atoms with E-state index in [-0.39, 0.29) is 0 Å². The normalized spacial score (nSPS) is 10.1. The van der Waals surface area contributed by atoms with Crippen molar-refractivity contribution in [2.24, 2.45) is 0 Å². The molecule has 0 saturated heterocycles. The van der Waals surface area contributed by atoms with E-state index in [9.17, 15) is 0 Å². The Morgan fingerprint density at radius 1 is 0.370 bits per heavy atom. The monoisotopic (exact) mass is 540 g/mol. The molecule has 27 heavy (non-hydrogen) atoms. The summed E-state index contributed by atoms with van der Waals surface area (Å²) in [7, 11) is 0. The van der Waals surface area contributed by atoms with Gasteiger partial charge >= 0.3 is 172 Å². The van der Waals surface area contributed by atoms with Crippen molar-refractivity contribution in [1.29, 1.82) is 0 Å². The zero-order chi connectivity index (χ0) is 18.3. The minimum absolute atomic E-state index is 0.865. The molecule has 0 heterocycles. The predicted octanol–water partition coefficient (Wildman–Crippen LogP) is 5.30. The van der Waals surface area contributed by atoms with E-state index >= 15 is 0 Å². The Balaban J connectivity index is 1.37. The molecule has 0 amide bonds. The summed E-state index contributed by atoms with van der Waals surface area (Å²) < 4.78 is 14.7. The van der Waals surface area contributed by atoms with Gasteiger partial charge in [-0.3, -0.25) is 0 Å². The van der Waals surface area contributed by atoms with Gasteiger partial charge in [0.2, 0.25) is 0 Å². The van der Waals surface area contributed by atoms with E-state index in [0.717, 1.165) is 23.0 Å². The molecule has 0 radical (unpaired) electrons. The molecule has 2 nitrogen and oxygen atoms in total. The van der Waals surface area contributed by atoms with Crippen molar-refractivity contribution in [3.8, 4) is 23.0 Å². The van der Waals surface area contributed by atoms with Gasteiger partial charge in [0.25, 0.3) is 0 Å². The molecule has 0 aliphatic heterocycles. The van der Waals surface area contributed by atoms with E-state index in [1.807, 2.05) is 60.7 Å². The van der Waals surface area contributed by atoms with Crippen LogP contribution in [0.5, 0.6) is 23.0 Å². The van der Waals surface area contributed by atoms with Crippen LogP contribution in [0.25, 0.3) is 0 Å². The number of rotatable bonds is 6. The molecule has 0 fully saturated rings. The van der Waals surface area contributed by atoms with Crippen LogP contribution in [0, 0.1) is 0 Å². The van der Waals surface area contributed by atoms with Crippen LogP contribution < -0.4 is 15.6 Å². The quantitative estimate of drug-likeness (QED) is 0.310. The van der Waals surface area contributed by atoms with Crippen LogP contribution in [-0.4, -0.2) is 0 Å². The Hall–Kier alpha value is -2.58. The third-order valence-corrected chi connectivity index (χ3v) is 11.1. The number of para-hydroxylation sites is 2. The fourth-order valence-electron chi connectivity index (χ4n) is 2.84. The second-order valence-electron chi connectivity index (χ2n) is 6.29. The van der Waals surface area contributed by atoms with Crippen molar-refractivity contribution in [3.63, 3.8) is 0 Å². The van der Waals surface area contributed by atoms with Gasteiger partial charge in [-0.25, -0.2) is 0 Å². The van der Waals surface area contributed by atoms with Crippen LogP contribution in [-0.2, 0) is 24.6 Å². The summed E-state index contributed by atoms with van der Waals surface area (Å²) in [4.78, 5) is 0. The Morgan fingerprint density at radius 3 is 1.07 bits per heavy atom. The average Bonchev–Trinajstić information content (AvgIpc) is 2.73. The maximum absolute atomic E-state index is 5.86. The van der Waals surface area contributed by atoms with E-state index in [0.29, 0.717) is 0 Å². The number of hydrogen-bond acceptors (Lipinski definition) is 2. The molecule has 0 aromatic heterocycles. The molecule has 0 unspecified atom stereocenters. The second kappa shape index (κ2) is 8.87. The van der Waals surface area contributed by atoms with Crippen LogP contribution in [0.4, 0.5) is 0 Å². The van der Waals surface area contributed by atoms with E-state index < -0.39 is 24.6 Å². The summed E-state index contributed by atoms with van der Waals surface area (Å²) in [5.74, 6) is 3.49. The van der Waals surface area contributed by atoms with E-state index in [1.165, 1.54) is 6.14 Å². The van der Waals surface area contributed by atoms with Crippen LogP contribution >= 0.6 is 0 Å². The zero-order valence-corrected chi connectivity index (χ0v) is 20.4. The summed E-state index contributed by atoms with van der Waals surface area (Å²) in [5.41, 5.74) is 0. The van der Waals surface area contributed by atoms with Gasteiger partial charge in [0, 0.05) is 0 Å². The third-order valence-electron chi connectivity index (χ3n) is 4.21. The van der Waals surface area contributed by atoms with Crippen molar-refractivity contribution in [2.75, 3.05) is 0 Å². The summed E-state index contributed by atoms with van der Waals surface area (Å²) >= 11 is -1.35. The van der Waals surface area contributed by atoms with Gasteiger partial charge in [-0.1, -0.05) is 0 Å². The molecule has 0 aliphatic rings. The summed E-state index contributed by atoms with van der Waals surface area (Å²) in [6, 6.07) is 36.8. The molecule has 128 valence electrons. The van der Waals surface area contributed by atoms with Gasteiger partial charge < -0.3 is 0 Å². The average molecular weight is 539 g/mol. The van der Waals surface area contributed by atoms with Gasteiger partial charge in [0.05, 0.1) is 0 Å². The fourth-order valence-corrected chi connectivity index (χ4v) is 8.33. The molecular formula is C24H18HgO2. The van der Waals surface area contributed by atoms with Gasteiger partial charge in [0.15, 0.2) is 0 Å². The first kappa shape index (κ1) is 17.8. The molecule has 0 atom stereocenters. The predicted molar refractivity (Wildman–Crippen MR) is 105 cm³/mol. The van der Waals surface area contributed by atoms with Gasteiger partial charge in [-0.2, -0.15) is 0 Å². The Morgan fingerprint density at radius 2 is 0.704 bits per heavy atom.